The normalized spacial score (nSPS) is 17.9. The fourth-order valence-electron chi connectivity index (χ4n) is 5.40. The van der Waals surface area contributed by atoms with E-state index in [1.165, 1.54) is 5.69 Å². The number of rotatable bonds is 7. The Kier molecular flexibility index (Phi) is 5.45. The lowest BCUT2D eigenvalue weighted by molar-refractivity contribution is 0.0224. The zero-order valence-corrected chi connectivity index (χ0v) is 20.0. The molecule has 2 aliphatic heterocycles. The molecule has 0 aliphatic carbocycles. The van der Waals surface area contributed by atoms with E-state index in [2.05, 4.69) is 45.5 Å². The highest BCUT2D eigenvalue weighted by atomic mass is 16.6. The van der Waals surface area contributed by atoms with E-state index < -0.39 is 5.60 Å². The van der Waals surface area contributed by atoms with Crippen LogP contribution in [0.2, 0.25) is 0 Å². The fourth-order valence-corrected chi connectivity index (χ4v) is 5.40. The maximum Gasteiger partial charge on any atom is 0.340 e. The first-order valence-electron chi connectivity index (χ1n) is 11.9. The van der Waals surface area contributed by atoms with Crippen LogP contribution in [0.25, 0.3) is 0 Å². The van der Waals surface area contributed by atoms with Crippen LogP contribution in [0.3, 0.4) is 0 Å². The molecule has 174 valence electrons. The summed E-state index contributed by atoms with van der Waals surface area (Å²) in [7, 11) is 0. The van der Waals surface area contributed by atoms with Crippen LogP contribution in [-0.2, 0) is 10.3 Å². The number of hydrogen-bond donors (Lipinski definition) is 0. The van der Waals surface area contributed by atoms with E-state index >= 15 is 0 Å². The van der Waals surface area contributed by atoms with Crippen molar-refractivity contribution in [1.29, 1.82) is 0 Å². The van der Waals surface area contributed by atoms with E-state index in [1.807, 2.05) is 42.5 Å². The third-order valence-electron chi connectivity index (χ3n) is 7.40. The summed E-state index contributed by atoms with van der Waals surface area (Å²) < 4.78 is 19.4. The number of carbonyl (C=O) groups excluding carboxylic acids is 1. The van der Waals surface area contributed by atoms with E-state index in [1.54, 1.807) is 6.08 Å². The maximum absolute atomic E-state index is 13.0. The van der Waals surface area contributed by atoms with Crippen LogP contribution in [0.15, 0.2) is 73.3 Å². The van der Waals surface area contributed by atoms with Crippen LogP contribution in [0.4, 0.5) is 5.69 Å². The minimum absolute atomic E-state index is 0.328. The maximum atomic E-state index is 13.0. The summed E-state index contributed by atoms with van der Waals surface area (Å²) >= 11 is 0. The fraction of sp³-hybridized carbons (Fsp3) is 0.276. The van der Waals surface area contributed by atoms with Gasteiger partial charge in [0.25, 0.3) is 0 Å². The van der Waals surface area contributed by atoms with Gasteiger partial charge in [-0.3, -0.25) is 4.48 Å². The largest absolute Gasteiger partial charge is 0.489 e. The van der Waals surface area contributed by atoms with Crippen LogP contribution in [0.1, 0.15) is 47.8 Å². The van der Waals surface area contributed by atoms with Crippen molar-refractivity contribution < 1.29 is 19.0 Å². The van der Waals surface area contributed by atoms with Gasteiger partial charge in [0.1, 0.15) is 29.5 Å². The molecule has 0 N–H and O–H groups in total. The van der Waals surface area contributed by atoms with Gasteiger partial charge in [0, 0.05) is 28.8 Å². The van der Waals surface area contributed by atoms with Gasteiger partial charge in [-0.15, -0.1) is 0 Å². The highest BCUT2D eigenvalue weighted by molar-refractivity contribution is 5.97. The molecule has 1 unspecified atom stereocenters. The summed E-state index contributed by atoms with van der Waals surface area (Å²) in [5.41, 5.74) is 3.16. The van der Waals surface area contributed by atoms with E-state index in [0.717, 1.165) is 40.8 Å². The molecule has 2 heterocycles. The van der Waals surface area contributed by atoms with Gasteiger partial charge >= 0.3 is 5.97 Å². The predicted octanol–water partition coefficient (Wildman–Crippen LogP) is 6.19. The van der Waals surface area contributed by atoms with Crippen LogP contribution in [0.5, 0.6) is 17.2 Å². The van der Waals surface area contributed by atoms with Crippen molar-refractivity contribution in [2.45, 2.75) is 26.4 Å². The molecule has 1 atom stereocenters. The molecule has 5 rings (SSSR count). The summed E-state index contributed by atoms with van der Waals surface area (Å²) in [6.45, 7) is 13.7. The first kappa shape index (κ1) is 22.2. The van der Waals surface area contributed by atoms with E-state index in [9.17, 15) is 4.79 Å². The van der Waals surface area contributed by atoms with Crippen molar-refractivity contribution in [3.8, 4) is 17.2 Å². The van der Waals surface area contributed by atoms with Crippen molar-refractivity contribution in [2.24, 2.45) is 0 Å². The lowest BCUT2D eigenvalue weighted by Crippen LogP contribution is -2.48. The van der Waals surface area contributed by atoms with Crippen LogP contribution in [-0.4, -0.2) is 32.2 Å². The zero-order valence-electron chi connectivity index (χ0n) is 20.0. The number of carbonyl (C=O) groups is 1. The lowest BCUT2D eigenvalue weighted by atomic mass is 9.77. The summed E-state index contributed by atoms with van der Waals surface area (Å²) in [5, 5.41) is 0. The smallest absolute Gasteiger partial charge is 0.340 e. The first-order chi connectivity index (χ1) is 16.5. The molecule has 0 aromatic heterocycles. The van der Waals surface area contributed by atoms with Crippen molar-refractivity contribution >= 4 is 11.7 Å². The van der Waals surface area contributed by atoms with Gasteiger partial charge in [-0.05, 0) is 51.1 Å². The van der Waals surface area contributed by atoms with Gasteiger partial charge in [0.2, 0.25) is 0 Å². The topological polar surface area (TPSA) is 44.8 Å². The number of esters is 1. The van der Waals surface area contributed by atoms with Gasteiger partial charge in [0.15, 0.2) is 5.60 Å². The monoisotopic (exact) mass is 456 g/mol. The average molecular weight is 457 g/mol. The molecule has 0 saturated heterocycles. The Morgan fingerprint density at radius 1 is 0.912 bits per heavy atom. The van der Waals surface area contributed by atoms with Gasteiger partial charge in [-0.1, -0.05) is 30.9 Å². The highest BCUT2D eigenvalue weighted by Gasteiger charge is 2.53. The molecule has 5 heteroatoms. The molecule has 0 radical (unpaired) electrons. The number of benzene rings is 3. The minimum atomic E-state index is -1.06. The van der Waals surface area contributed by atoms with Gasteiger partial charge in [0.05, 0.1) is 25.2 Å². The Bertz CT molecular complexity index is 1270. The standard InChI is InChI=1S/C29H30NO4/c1-5-17-32-21-14-16-25-27(19-21)33-26-18-20(30(6-2,7-3)8-4)13-15-24(26)29(25)23-12-10-9-11-22(23)28(31)34-29/h5,9-16,18-19H,1,6-8,17H2,2-4H3/q+1. The molecular weight excluding hydrogens is 426 g/mol. The van der Waals surface area contributed by atoms with Crippen molar-refractivity contribution in [2.75, 3.05) is 26.2 Å². The second kappa shape index (κ2) is 8.33. The van der Waals surface area contributed by atoms with Crippen LogP contribution in [0, 0.1) is 0 Å². The van der Waals surface area contributed by atoms with Gasteiger partial charge < -0.3 is 14.2 Å². The second-order valence-electron chi connectivity index (χ2n) is 8.75. The number of nitrogens with zero attached hydrogens (tertiary/aromatic N) is 1. The Morgan fingerprint density at radius 3 is 2.29 bits per heavy atom. The Morgan fingerprint density at radius 2 is 1.59 bits per heavy atom. The van der Waals surface area contributed by atoms with Crippen LogP contribution < -0.4 is 14.0 Å². The third-order valence-corrected chi connectivity index (χ3v) is 7.40. The molecule has 3 aromatic rings. The summed E-state index contributed by atoms with van der Waals surface area (Å²) in [4.78, 5) is 13.0. The molecule has 34 heavy (non-hydrogen) atoms. The SMILES string of the molecule is C=CCOc1ccc2c(c1)Oc1cc([N+](CC)(CC)CC)ccc1C21OC(=O)c2ccccc21. The van der Waals surface area contributed by atoms with Crippen molar-refractivity contribution in [3.63, 3.8) is 0 Å². The zero-order chi connectivity index (χ0) is 23.9. The predicted molar refractivity (Wildman–Crippen MR) is 134 cm³/mol. The summed E-state index contributed by atoms with van der Waals surface area (Å²) in [6.07, 6.45) is 1.70. The Balaban J connectivity index is 1.75. The van der Waals surface area contributed by atoms with Crippen molar-refractivity contribution in [1.82, 2.24) is 4.48 Å². The summed E-state index contributed by atoms with van der Waals surface area (Å²) in [5.74, 6) is 1.67. The number of hydrogen-bond acceptors (Lipinski definition) is 4. The van der Waals surface area contributed by atoms with Crippen molar-refractivity contribution in [3.05, 3.63) is 95.6 Å². The number of fused-ring (bicyclic) bond motifs is 6. The molecular formula is C29H30NO4+. The van der Waals surface area contributed by atoms with Crippen LogP contribution >= 0.6 is 0 Å². The Hall–Kier alpha value is -3.57. The quantitative estimate of drug-likeness (QED) is 0.242. The highest BCUT2D eigenvalue weighted by Crippen LogP contribution is 2.57. The molecule has 2 aliphatic rings. The second-order valence-corrected chi connectivity index (χ2v) is 8.75. The van der Waals surface area contributed by atoms with E-state index in [4.69, 9.17) is 14.2 Å². The molecule has 0 bridgehead atoms. The Labute approximate surface area is 200 Å². The minimum Gasteiger partial charge on any atom is -0.489 e. The first-order valence-corrected chi connectivity index (χ1v) is 11.9. The summed E-state index contributed by atoms with van der Waals surface area (Å²) in [6, 6.07) is 19.6. The number of quaternary nitrogens is 1. The molecule has 0 saturated carbocycles. The average Bonchev–Trinajstić information content (AvgIpc) is 3.17. The van der Waals surface area contributed by atoms with E-state index in [-0.39, 0.29) is 5.97 Å². The molecule has 3 aromatic carbocycles. The third kappa shape index (κ3) is 3.07. The molecule has 0 amide bonds. The molecule has 1 spiro atoms. The lowest BCUT2D eigenvalue weighted by Gasteiger charge is -2.39. The molecule has 0 fully saturated rings. The van der Waals surface area contributed by atoms with Gasteiger partial charge in [-0.25, -0.2) is 4.79 Å². The molecule has 5 nitrogen and oxygen atoms in total. The van der Waals surface area contributed by atoms with E-state index in [0.29, 0.717) is 29.4 Å². The number of ether oxygens (including phenoxy) is 3. The van der Waals surface area contributed by atoms with Gasteiger partial charge in [-0.2, -0.15) is 0 Å².